The molecule has 0 aromatic heterocycles. The highest BCUT2D eigenvalue weighted by Crippen LogP contribution is 2.40. The fourth-order valence-corrected chi connectivity index (χ4v) is 10.2. The van der Waals surface area contributed by atoms with E-state index in [1.165, 1.54) is 64.2 Å². The summed E-state index contributed by atoms with van der Waals surface area (Å²) in [6.45, 7) is 20.9. The van der Waals surface area contributed by atoms with Gasteiger partial charge in [0.25, 0.3) is 0 Å². The third-order valence-electron chi connectivity index (χ3n) is 6.69. The van der Waals surface area contributed by atoms with Gasteiger partial charge in [-0.15, -0.1) is 11.5 Å². The van der Waals surface area contributed by atoms with Crippen molar-refractivity contribution in [3.8, 4) is 11.5 Å². The van der Waals surface area contributed by atoms with Crippen molar-refractivity contribution in [3.05, 3.63) is 0 Å². The zero-order valence-corrected chi connectivity index (χ0v) is 23.5. The van der Waals surface area contributed by atoms with Crippen LogP contribution in [0.15, 0.2) is 0 Å². The van der Waals surface area contributed by atoms with Gasteiger partial charge in [0.05, 0.1) is 19.3 Å². The van der Waals surface area contributed by atoms with Crippen LogP contribution in [-0.2, 0) is 9.47 Å². The Bertz CT molecular complexity index is 438. The molecule has 0 aromatic rings. The van der Waals surface area contributed by atoms with E-state index in [0.717, 1.165) is 42.9 Å². The first kappa shape index (κ1) is 30.7. The second-order valence-electron chi connectivity index (χ2n) is 10.5. The van der Waals surface area contributed by atoms with Gasteiger partial charge < -0.3 is 9.47 Å². The van der Waals surface area contributed by atoms with Crippen molar-refractivity contribution in [1.29, 1.82) is 0 Å². The SMILES string of the molecule is CC(C)OCCOCCCCCCCCCCCCC#C[Si](C(C)C)(C(C)C)C(C)C. The zero-order valence-electron chi connectivity index (χ0n) is 22.5. The summed E-state index contributed by atoms with van der Waals surface area (Å²) in [4.78, 5) is 0. The molecular formula is C28H56O2Si. The summed E-state index contributed by atoms with van der Waals surface area (Å²) in [5, 5.41) is 0. The smallest absolute Gasteiger partial charge is 0.145 e. The third kappa shape index (κ3) is 14.5. The van der Waals surface area contributed by atoms with Crippen LogP contribution in [0.4, 0.5) is 0 Å². The lowest BCUT2D eigenvalue weighted by molar-refractivity contribution is 0.0186. The molecule has 0 aliphatic carbocycles. The van der Waals surface area contributed by atoms with Crippen molar-refractivity contribution in [2.45, 2.75) is 149 Å². The molecule has 0 spiro atoms. The normalized spacial score (nSPS) is 12.3. The Morgan fingerprint density at radius 1 is 0.548 bits per heavy atom. The van der Waals surface area contributed by atoms with E-state index in [2.05, 4.69) is 66.9 Å². The molecule has 2 nitrogen and oxygen atoms in total. The van der Waals surface area contributed by atoms with Gasteiger partial charge in [0.1, 0.15) is 8.07 Å². The van der Waals surface area contributed by atoms with Gasteiger partial charge in [-0.3, -0.25) is 0 Å². The molecule has 0 aromatic carbocycles. The maximum absolute atomic E-state index is 5.60. The fraction of sp³-hybridized carbons (Fsp3) is 0.929. The Morgan fingerprint density at radius 3 is 1.45 bits per heavy atom. The molecule has 0 aliphatic heterocycles. The lowest BCUT2D eigenvalue weighted by Crippen LogP contribution is -2.43. The van der Waals surface area contributed by atoms with Crippen LogP contribution < -0.4 is 0 Å². The first-order valence-corrected chi connectivity index (χ1v) is 15.7. The van der Waals surface area contributed by atoms with Crippen molar-refractivity contribution >= 4 is 8.07 Å². The summed E-state index contributed by atoms with van der Waals surface area (Å²) in [6.07, 6.45) is 14.9. The molecule has 0 saturated carbocycles. The van der Waals surface area contributed by atoms with E-state index >= 15 is 0 Å². The minimum atomic E-state index is -1.52. The molecule has 31 heavy (non-hydrogen) atoms. The number of rotatable bonds is 19. The first-order chi connectivity index (χ1) is 14.7. The van der Waals surface area contributed by atoms with Gasteiger partial charge in [-0.25, -0.2) is 0 Å². The molecular weight excluding hydrogens is 396 g/mol. The average Bonchev–Trinajstić information content (AvgIpc) is 2.68. The maximum Gasteiger partial charge on any atom is 0.145 e. The second-order valence-corrected chi connectivity index (χ2v) is 16.1. The molecule has 0 heterocycles. The highest BCUT2D eigenvalue weighted by molar-refractivity contribution is 6.90. The number of hydrogen-bond acceptors (Lipinski definition) is 2. The monoisotopic (exact) mass is 452 g/mol. The molecule has 0 N–H and O–H groups in total. The molecule has 0 bridgehead atoms. The third-order valence-corrected chi connectivity index (χ3v) is 13.0. The van der Waals surface area contributed by atoms with Crippen molar-refractivity contribution in [3.63, 3.8) is 0 Å². The topological polar surface area (TPSA) is 18.5 Å². The van der Waals surface area contributed by atoms with Gasteiger partial charge in [-0.1, -0.05) is 92.9 Å². The Balaban J connectivity index is 3.60. The van der Waals surface area contributed by atoms with E-state index in [1.54, 1.807) is 0 Å². The number of unbranched alkanes of at least 4 members (excludes halogenated alkanes) is 10. The van der Waals surface area contributed by atoms with E-state index in [9.17, 15) is 0 Å². The minimum absolute atomic E-state index is 0.309. The summed E-state index contributed by atoms with van der Waals surface area (Å²) in [7, 11) is -1.52. The Kier molecular flexibility index (Phi) is 19.0. The van der Waals surface area contributed by atoms with Gasteiger partial charge in [0, 0.05) is 13.0 Å². The van der Waals surface area contributed by atoms with Gasteiger partial charge in [0.2, 0.25) is 0 Å². The van der Waals surface area contributed by atoms with Crippen LogP contribution in [0.2, 0.25) is 16.6 Å². The predicted octanol–water partition coefficient (Wildman–Crippen LogP) is 8.94. The molecule has 0 rings (SSSR count). The molecule has 0 radical (unpaired) electrons. The van der Waals surface area contributed by atoms with Crippen LogP contribution in [0, 0.1) is 11.5 Å². The molecule has 0 saturated heterocycles. The van der Waals surface area contributed by atoms with E-state index in [-0.39, 0.29) is 0 Å². The van der Waals surface area contributed by atoms with Crippen LogP contribution in [0.25, 0.3) is 0 Å². The van der Waals surface area contributed by atoms with Gasteiger partial charge in [-0.05, 0) is 43.3 Å². The fourth-order valence-electron chi connectivity index (χ4n) is 4.93. The average molecular weight is 453 g/mol. The van der Waals surface area contributed by atoms with Crippen molar-refractivity contribution in [1.82, 2.24) is 0 Å². The highest BCUT2D eigenvalue weighted by atomic mass is 28.3. The molecule has 184 valence electrons. The lowest BCUT2D eigenvalue weighted by atomic mass is 10.1. The molecule has 0 atom stereocenters. The quantitative estimate of drug-likeness (QED) is 0.111. The van der Waals surface area contributed by atoms with Gasteiger partial charge in [-0.2, -0.15) is 0 Å². The number of ether oxygens (including phenoxy) is 2. The van der Waals surface area contributed by atoms with Crippen molar-refractivity contribution in [2.24, 2.45) is 0 Å². The van der Waals surface area contributed by atoms with E-state index < -0.39 is 8.07 Å². The largest absolute Gasteiger partial charge is 0.379 e. The summed E-state index contributed by atoms with van der Waals surface area (Å²) in [6, 6.07) is 0. The predicted molar refractivity (Wildman–Crippen MR) is 142 cm³/mol. The van der Waals surface area contributed by atoms with Crippen LogP contribution in [0.5, 0.6) is 0 Å². The van der Waals surface area contributed by atoms with E-state index in [0.29, 0.717) is 6.10 Å². The highest BCUT2D eigenvalue weighted by Gasteiger charge is 2.41. The molecule has 0 fully saturated rings. The summed E-state index contributed by atoms with van der Waals surface area (Å²) < 4.78 is 11.1. The van der Waals surface area contributed by atoms with Gasteiger partial charge in [0.15, 0.2) is 0 Å². The molecule has 0 amide bonds. The summed E-state index contributed by atoms with van der Waals surface area (Å²) in [5.41, 5.74) is 6.10. The van der Waals surface area contributed by atoms with Crippen molar-refractivity contribution < 1.29 is 9.47 Å². The molecule has 0 unspecified atom stereocenters. The lowest BCUT2D eigenvalue weighted by Gasteiger charge is -2.38. The van der Waals surface area contributed by atoms with E-state index in [4.69, 9.17) is 9.47 Å². The Morgan fingerprint density at radius 2 is 1.00 bits per heavy atom. The van der Waals surface area contributed by atoms with Crippen LogP contribution >= 0.6 is 0 Å². The molecule has 3 heteroatoms. The summed E-state index contributed by atoms with van der Waals surface area (Å²) in [5.74, 6) is 3.62. The zero-order chi connectivity index (χ0) is 23.5. The van der Waals surface area contributed by atoms with E-state index in [1.807, 2.05) is 0 Å². The van der Waals surface area contributed by atoms with Crippen LogP contribution in [0.3, 0.4) is 0 Å². The minimum Gasteiger partial charge on any atom is -0.379 e. The first-order valence-electron chi connectivity index (χ1n) is 13.4. The maximum atomic E-state index is 5.60. The van der Waals surface area contributed by atoms with Crippen LogP contribution in [0.1, 0.15) is 126 Å². The Hall–Kier alpha value is -0.303. The Labute approximate surface area is 197 Å². The molecule has 0 aliphatic rings. The van der Waals surface area contributed by atoms with Gasteiger partial charge >= 0.3 is 0 Å². The van der Waals surface area contributed by atoms with Crippen molar-refractivity contribution in [2.75, 3.05) is 19.8 Å². The number of hydrogen-bond donors (Lipinski definition) is 0. The standard InChI is InChI=1S/C28H56O2Si/c1-25(2)30-23-22-29-21-19-17-15-13-11-9-10-12-14-16-18-20-24-31(26(3)4,27(5)6)28(7)8/h25-28H,9-19,21-23H2,1-8H3. The second kappa shape index (κ2) is 19.2. The summed E-state index contributed by atoms with van der Waals surface area (Å²) >= 11 is 0. The van der Waals surface area contributed by atoms with Crippen LogP contribution in [-0.4, -0.2) is 34.0 Å².